The second-order valence-corrected chi connectivity index (χ2v) is 7.00. The summed E-state index contributed by atoms with van der Waals surface area (Å²) in [6.45, 7) is 7.85. The third kappa shape index (κ3) is 4.36. The minimum Gasteiger partial charge on any atom is -0.309 e. The number of nitrogens with zero attached hydrogens (tertiary/aromatic N) is 1. The average molecular weight is 266 g/mol. The van der Waals surface area contributed by atoms with Gasteiger partial charge in [-0.1, -0.05) is 27.2 Å². The van der Waals surface area contributed by atoms with E-state index in [0.717, 1.165) is 25.4 Å². The van der Waals surface area contributed by atoms with Gasteiger partial charge in [0.1, 0.15) is 0 Å². The van der Waals surface area contributed by atoms with E-state index >= 15 is 0 Å². The molecule has 2 rings (SSSR count). The molecule has 1 saturated carbocycles. The summed E-state index contributed by atoms with van der Waals surface area (Å²) in [7, 11) is 0. The molecule has 1 aromatic heterocycles. The van der Waals surface area contributed by atoms with Crippen molar-refractivity contribution in [3.63, 3.8) is 0 Å². The van der Waals surface area contributed by atoms with E-state index in [4.69, 9.17) is 4.98 Å². The molecule has 1 aromatic rings. The molecule has 1 aliphatic rings. The third-order valence-electron chi connectivity index (χ3n) is 3.30. The number of hydrogen-bond donors (Lipinski definition) is 1. The predicted molar refractivity (Wildman–Crippen MR) is 79.1 cm³/mol. The molecule has 18 heavy (non-hydrogen) atoms. The van der Waals surface area contributed by atoms with E-state index in [9.17, 15) is 0 Å². The number of aryl methyl sites for hydroxylation is 1. The van der Waals surface area contributed by atoms with Crippen LogP contribution in [0.15, 0.2) is 0 Å². The molecule has 0 spiro atoms. The fourth-order valence-electron chi connectivity index (χ4n) is 2.08. The van der Waals surface area contributed by atoms with Gasteiger partial charge in [0, 0.05) is 17.5 Å². The van der Waals surface area contributed by atoms with Crippen LogP contribution >= 0.6 is 11.3 Å². The summed E-state index contributed by atoms with van der Waals surface area (Å²) in [5.41, 5.74) is 1.36. The van der Waals surface area contributed by atoms with E-state index < -0.39 is 0 Å². The highest BCUT2D eigenvalue weighted by Crippen LogP contribution is 2.25. The molecule has 0 aliphatic heterocycles. The molecule has 0 aromatic carbocycles. The Morgan fingerprint density at radius 1 is 1.39 bits per heavy atom. The lowest BCUT2D eigenvalue weighted by atomic mass is 10.1. The smallest absolute Gasteiger partial charge is 0.0931 e. The summed E-state index contributed by atoms with van der Waals surface area (Å²) in [6, 6.07) is 0.790. The Balaban J connectivity index is 1.99. The highest BCUT2D eigenvalue weighted by Gasteiger charge is 2.21. The molecular weight excluding hydrogens is 240 g/mol. The van der Waals surface area contributed by atoms with Crippen LogP contribution in [-0.2, 0) is 19.4 Å². The number of thiazole rings is 1. The number of rotatable bonds is 8. The third-order valence-corrected chi connectivity index (χ3v) is 4.45. The Morgan fingerprint density at radius 3 is 2.78 bits per heavy atom. The zero-order chi connectivity index (χ0) is 13.0. The first-order valence-corrected chi connectivity index (χ1v) is 8.21. The van der Waals surface area contributed by atoms with Gasteiger partial charge in [0.25, 0.3) is 0 Å². The lowest BCUT2D eigenvalue weighted by molar-refractivity contribution is 0.622. The maximum absolute atomic E-state index is 4.86. The van der Waals surface area contributed by atoms with Crippen molar-refractivity contribution in [3.8, 4) is 0 Å². The fourth-order valence-corrected chi connectivity index (χ4v) is 3.17. The lowest BCUT2D eigenvalue weighted by Gasteiger charge is -2.05. The number of unbranched alkanes of at least 4 members (excludes halogenated alkanes) is 1. The van der Waals surface area contributed by atoms with Crippen molar-refractivity contribution in [1.29, 1.82) is 0 Å². The standard InChI is InChI=1S/C15H26N2S/c1-4-5-6-15-17-13(9-11(2)3)14(18-15)10-16-12-7-8-12/h11-12,16H,4-10H2,1-3H3. The van der Waals surface area contributed by atoms with Crippen molar-refractivity contribution in [2.45, 2.75) is 71.9 Å². The summed E-state index contributed by atoms with van der Waals surface area (Å²) in [5.74, 6) is 0.700. The van der Waals surface area contributed by atoms with Crippen molar-refractivity contribution in [2.75, 3.05) is 0 Å². The summed E-state index contributed by atoms with van der Waals surface area (Å²) in [5, 5.41) is 4.97. The predicted octanol–water partition coefficient (Wildman–Crippen LogP) is 3.94. The van der Waals surface area contributed by atoms with Gasteiger partial charge in [0.15, 0.2) is 0 Å². The monoisotopic (exact) mass is 266 g/mol. The molecule has 3 heteroatoms. The molecule has 1 N–H and O–H groups in total. The van der Waals surface area contributed by atoms with Gasteiger partial charge < -0.3 is 5.32 Å². The fraction of sp³-hybridized carbons (Fsp3) is 0.800. The minimum absolute atomic E-state index is 0.700. The summed E-state index contributed by atoms with van der Waals surface area (Å²) in [4.78, 5) is 6.35. The number of hydrogen-bond acceptors (Lipinski definition) is 3. The summed E-state index contributed by atoms with van der Waals surface area (Å²) in [6.07, 6.45) is 7.54. The van der Waals surface area contributed by atoms with E-state index in [2.05, 4.69) is 26.1 Å². The molecule has 0 atom stereocenters. The van der Waals surface area contributed by atoms with Crippen LogP contribution in [0.2, 0.25) is 0 Å². The zero-order valence-electron chi connectivity index (χ0n) is 12.0. The van der Waals surface area contributed by atoms with E-state index in [-0.39, 0.29) is 0 Å². The van der Waals surface area contributed by atoms with Crippen LogP contribution in [0, 0.1) is 5.92 Å². The van der Waals surface area contributed by atoms with Gasteiger partial charge in [0.2, 0.25) is 0 Å². The van der Waals surface area contributed by atoms with E-state index in [1.807, 2.05) is 11.3 Å². The number of nitrogens with one attached hydrogen (secondary N) is 1. The first-order valence-electron chi connectivity index (χ1n) is 7.39. The van der Waals surface area contributed by atoms with Gasteiger partial charge in [-0.25, -0.2) is 4.98 Å². The van der Waals surface area contributed by atoms with E-state index in [1.54, 1.807) is 0 Å². The number of aromatic nitrogens is 1. The Morgan fingerprint density at radius 2 is 2.17 bits per heavy atom. The average Bonchev–Trinajstić information content (AvgIpc) is 3.07. The van der Waals surface area contributed by atoms with Gasteiger partial charge >= 0.3 is 0 Å². The molecule has 1 fully saturated rings. The minimum atomic E-state index is 0.700. The summed E-state index contributed by atoms with van der Waals surface area (Å²) >= 11 is 1.94. The van der Waals surface area contributed by atoms with Crippen LogP contribution in [0.5, 0.6) is 0 Å². The van der Waals surface area contributed by atoms with Crippen LogP contribution in [0.3, 0.4) is 0 Å². The molecule has 0 saturated heterocycles. The summed E-state index contributed by atoms with van der Waals surface area (Å²) < 4.78 is 0. The molecule has 1 aliphatic carbocycles. The Labute approximate surface area is 115 Å². The first kappa shape index (κ1) is 14.0. The normalized spacial score (nSPS) is 15.6. The molecule has 102 valence electrons. The Bertz CT molecular complexity index is 367. The molecular formula is C15H26N2S. The van der Waals surface area contributed by atoms with Crippen molar-refractivity contribution >= 4 is 11.3 Å². The molecule has 0 unspecified atom stereocenters. The lowest BCUT2D eigenvalue weighted by Crippen LogP contribution is -2.15. The zero-order valence-corrected chi connectivity index (χ0v) is 12.8. The van der Waals surface area contributed by atoms with E-state index in [0.29, 0.717) is 5.92 Å². The van der Waals surface area contributed by atoms with Crippen LogP contribution in [0.4, 0.5) is 0 Å². The van der Waals surface area contributed by atoms with Crippen molar-refractivity contribution in [3.05, 3.63) is 15.6 Å². The van der Waals surface area contributed by atoms with Crippen molar-refractivity contribution in [1.82, 2.24) is 10.3 Å². The SMILES string of the molecule is CCCCc1nc(CC(C)C)c(CNC2CC2)s1. The van der Waals surface area contributed by atoms with Crippen molar-refractivity contribution in [2.24, 2.45) is 5.92 Å². The maximum atomic E-state index is 4.86. The van der Waals surface area contributed by atoms with Gasteiger partial charge in [-0.2, -0.15) is 0 Å². The van der Waals surface area contributed by atoms with Crippen LogP contribution in [-0.4, -0.2) is 11.0 Å². The molecule has 2 nitrogen and oxygen atoms in total. The van der Waals surface area contributed by atoms with Gasteiger partial charge in [-0.3, -0.25) is 0 Å². The van der Waals surface area contributed by atoms with E-state index in [1.165, 1.54) is 41.3 Å². The highest BCUT2D eigenvalue weighted by atomic mass is 32.1. The molecule has 0 bridgehead atoms. The second-order valence-electron chi connectivity index (χ2n) is 5.83. The van der Waals surface area contributed by atoms with Gasteiger partial charge in [-0.15, -0.1) is 11.3 Å². The van der Waals surface area contributed by atoms with Crippen molar-refractivity contribution < 1.29 is 0 Å². The Hall–Kier alpha value is -0.410. The van der Waals surface area contributed by atoms with Crippen LogP contribution in [0.1, 0.15) is 62.0 Å². The molecule has 0 amide bonds. The first-order chi connectivity index (χ1) is 8.69. The highest BCUT2D eigenvalue weighted by molar-refractivity contribution is 7.11. The van der Waals surface area contributed by atoms with Gasteiger partial charge in [0.05, 0.1) is 10.7 Å². The van der Waals surface area contributed by atoms with Crippen LogP contribution < -0.4 is 5.32 Å². The molecule has 1 heterocycles. The maximum Gasteiger partial charge on any atom is 0.0931 e. The Kier molecular flexibility index (Phi) is 5.19. The second kappa shape index (κ2) is 6.67. The van der Waals surface area contributed by atoms with Gasteiger partial charge in [-0.05, 0) is 38.0 Å². The topological polar surface area (TPSA) is 24.9 Å². The van der Waals surface area contributed by atoms with Crippen LogP contribution in [0.25, 0.3) is 0 Å². The molecule has 0 radical (unpaired) electrons. The largest absolute Gasteiger partial charge is 0.309 e. The quantitative estimate of drug-likeness (QED) is 0.771.